The van der Waals surface area contributed by atoms with E-state index in [1.165, 1.54) is 5.56 Å². The van der Waals surface area contributed by atoms with E-state index in [-0.39, 0.29) is 6.61 Å². The third-order valence-corrected chi connectivity index (χ3v) is 2.68. The van der Waals surface area contributed by atoms with Crippen LogP contribution in [-0.2, 0) is 6.61 Å². The Morgan fingerprint density at radius 2 is 2.11 bits per heavy atom. The number of aryl methyl sites for hydroxylation is 1. The molecular formula is C16H15NO2. The Morgan fingerprint density at radius 3 is 2.89 bits per heavy atom. The van der Waals surface area contributed by atoms with Crippen LogP contribution in [0.15, 0.2) is 42.7 Å². The normalized spacial score (nSPS) is 9.58. The maximum Gasteiger partial charge on any atom is 0.139 e. The first kappa shape index (κ1) is 13.1. The Balaban J connectivity index is 2.06. The molecule has 0 aliphatic rings. The zero-order chi connectivity index (χ0) is 13.5. The largest absolute Gasteiger partial charge is 0.487 e. The van der Waals surface area contributed by atoms with E-state index in [1.807, 2.05) is 24.3 Å². The molecule has 1 aromatic carbocycles. The minimum absolute atomic E-state index is 0.158. The quantitative estimate of drug-likeness (QED) is 0.854. The van der Waals surface area contributed by atoms with Gasteiger partial charge in [0, 0.05) is 11.8 Å². The molecule has 0 saturated heterocycles. The molecule has 1 aromatic heterocycles. The molecule has 1 N–H and O–H groups in total. The lowest BCUT2D eigenvalue weighted by atomic mass is 10.1. The first-order valence-electron chi connectivity index (χ1n) is 6.01. The number of pyridine rings is 1. The number of ether oxygens (including phenoxy) is 1. The Kier molecular flexibility index (Phi) is 4.54. The maximum atomic E-state index is 8.65. The number of aromatic nitrogens is 1. The molecule has 2 rings (SSSR count). The lowest BCUT2D eigenvalue weighted by molar-refractivity contribution is 0.304. The SMILES string of the molecule is Cc1ccccc1COc1cncc(C#CCO)c1. The van der Waals surface area contributed by atoms with Gasteiger partial charge >= 0.3 is 0 Å². The van der Waals surface area contributed by atoms with E-state index in [2.05, 4.69) is 29.8 Å². The Hall–Kier alpha value is -2.31. The van der Waals surface area contributed by atoms with Crippen molar-refractivity contribution in [2.45, 2.75) is 13.5 Å². The van der Waals surface area contributed by atoms with Gasteiger partial charge < -0.3 is 9.84 Å². The van der Waals surface area contributed by atoms with Gasteiger partial charge in [0.2, 0.25) is 0 Å². The third-order valence-electron chi connectivity index (χ3n) is 2.68. The summed E-state index contributed by atoms with van der Waals surface area (Å²) in [5.41, 5.74) is 3.08. The summed E-state index contributed by atoms with van der Waals surface area (Å²) in [5, 5.41) is 8.65. The number of hydrogen-bond acceptors (Lipinski definition) is 3. The molecule has 0 bridgehead atoms. The Labute approximate surface area is 112 Å². The number of benzene rings is 1. The number of nitrogens with zero attached hydrogens (tertiary/aromatic N) is 1. The fourth-order valence-corrected chi connectivity index (χ4v) is 1.64. The third kappa shape index (κ3) is 3.84. The highest BCUT2D eigenvalue weighted by Crippen LogP contribution is 2.14. The second-order valence-electron chi connectivity index (χ2n) is 4.08. The van der Waals surface area contributed by atoms with Gasteiger partial charge in [0.05, 0.1) is 6.20 Å². The molecule has 0 atom stereocenters. The van der Waals surface area contributed by atoms with E-state index in [4.69, 9.17) is 9.84 Å². The monoisotopic (exact) mass is 253 g/mol. The molecular weight excluding hydrogens is 238 g/mol. The van der Waals surface area contributed by atoms with Crippen LogP contribution in [0.4, 0.5) is 0 Å². The first-order chi connectivity index (χ1) is 9.29. The van der Waals surface area contributed by atoms with Gasteiger partial charge in [0.25, 0.3) is 0 Å². The van der Waals surface area contributed by atoms with Crippen molar-refractivity contribution < 1.29 is 9.84 Å². The zero-order valence-corrected chi connectivity index (χ0v) is 10.8. The molecule has 0 unspecified atom stereocenters. The lowest BCUT2D eigenvalue weighted by Gasteiger charge is -2.08. The molecule has 0 radical (unpaired) electrons. The number of hydrogen-bond donors (Lipinski definition) is 1. The van der Waals surface area contributed by atoms with Gasteiger partial charge in [0.15, 0.2) is 0 Å². The fraction of sp³-hybridized carbons (Fsp3) is 0.188. The maximum absolute atomic E-state index is 8.65. The van der Waals surface area contributed by atoms with Crippen molar-refractivity contribution in [2.24, 2.45) is 0 Å². The van der Waals surface area contributed by atoms with Crippen molar-refractivity contribution in [2.75, 3.05) is 6.61 Å². The summed E-state index contributed by atoms with van der Waals surface area (Å²) in [6, 6.07) is 9.91. The second-order valence-corrected chi connectivity index (χ2v) is 4.08. The topological polar surface area (TPSA) is 42.4 Å². The van der Waals surface area contributed by atoms with Crippen LogP contribution in [0.25, 0.3) is 0 Å². The zero-order valence-electron chi connectivity index (χ0n) is 10.8. The predicted molar refractivity (Wildman–Crippen MR) is 73.7 cm³/mol. The smallest absolute Gasteiger partial charge is 0.139 e. The minimum atomic E-state index is -0.158. The molecule has 0 spiro atoms. The molecule has 3 heteroatoms. The van der Waals surface area contributed by atoms with E-state index in [0.717, 1.165) is 11.1 Å². The Bertz CT molecular complexity index is 611. The summed E-state index contributed by atoms with van der Waals surface area (Å²) >= 11 is 0. The van der Waals surface area contributed by atoms with Crippen molar-refractivity contribution in [1.29, 1.82) is 0 Å². The van der Waals surface area contributed by atoms with Crippen LogP contribution in [-0.4, -0.2) is 16.7 Å². The van der Waals surface area contributed by atoms with Gasteiger partial charge in [-0.25, -0.2) is 0 Å². The molecule has 0 aliphatic carbocycles. The highest BCUT2D eigenvalue weighted by atomic mass is 16.5. The summed E-state index contributed by atoms with van der Waals surface area (Å²) in [6.07, 6.45) is 3.30. The number of aliphatic hydroxyl groups excluding tert-OH is 1. The van der Waals surface area contributed by atoms with Gasteiger partial charge in [-0.15, -0.1) is 0 Å². The molecule has 1 heterocycles. The van der Waals surface area contributed by atoms with Crippen LogP contribution in [0, 0.1) is 18.8 Å². The van der Waals surface area contributed by atoms with E-state index in [9.17, 15) is 0 Å². The van der Waals surface area contributed by atoms with Crippen LogP contribution in [0.2, 0.25) is 0 Å². The van der Waals surface area contributed by atoms with E-state index in [1.54, 1.807) is 12.4 Å². The average molecular weight is 253 g/mol. The van der Waals surface area contributed by atoms with Crippen molar-refractivity contribution in [1.82, 2.24) is 4.98 Å². The fourth-order valence-electron chi connectivity index (χ4n) is 1.64. The minimum Gasteiger partial charge on any atom is -0.487 e. The van der Waals surface area contributed by atoms with Gasteiger partial charge in [-0.1, -0.05) is 36.1 Å². The standard InChI is InChI=1S/C16H15NO2/c1-13-5-2-3-7-15(13)12-19-16-9-14(6-4-8-18)10-17-11-16/h2-3,5,7,9-11,18H,8,12H2,1H3. The van der Waals surface area contributed by atoms with Gasteiger partial charge in [-0.2, -0.15) is 0 Å². The van der Waals surface area contributed by atoms with Crippen LogP contribution in [0.1, 0.15) is 16.7 Å². The van der Waals surface area contributed by atoms with E-state index < -0.39 is 0 Å². The van der Waals surface area contributed by atoms with Crippen LogP contribution in [0.3, 0.4) is 0 Å². The van der Waals surface area contributed by atoms with Crippen molar-refractivity contribution in [3.05, 3.63) is 59.4 Å². The second kappa shape index (κ2) is 6.58. The molecule has 2 aromatic rings. The van der Waals surface area contributed by atoms with Gasteiger partial charge in [0.1, 0.15) is 19.0 Å². The molecule has 96 valence electrons. The number of aliphatic hydroxyl groups is 1. The van der Waals surface area contributed by atoms with Crippen LogP contribution in [0.5, 0.6) is 5.75 Å². The lowest BCUT2D eigenvalue weighted by Crippen LogP contribution is -1.98. The summed E-state index contributed by atoms with van der Waals surface area (Å²) in [6.45, 7) is 2.40. The summed E-state index contributed by atoms with van der Waals surface area (Å²) < 4.78 is 5.70. The Morgan fingerprint density at radius 1 is 1.26 bits per heavy atom. The predicted octanol–water partition coefficient (Wildman–Crippen LogP) is 2.31. The van der Waals surface area contributed by atoms with Crippen LogP contribution >= 0.6 is 0 Å². The molecule has 0 fully saturated rings. The molecule has 3 nitrogen and oxygen atoms in total. The van der Waals surface area contributed by atoms with Gasteiger partial charge in [-0.05, 0) is 24.1 Å². The van der Waals surface area contributed by atoms with Crippen molar-refractivity contribution in [3.8, 4) is 17.6 Å². The first-order valence-corrected chi connectivity index (χ1v) is 6.01. The highest BCUT2D eigenvalue weighted by Gasteiger charge is 2.00. The summed E-state index contributed by atoms with van der Waals surface area (Å²) in [5.74, 6) is 6.06. The van der Waals surface area contributed by atoms with Gasteiger partial charge in [-0.3, -0.25) is 4.98 Å². The van der Waals surface area contributed by atoms with E-state index in [0.29, 0.717) is 12.4 Å². The average Bonchev–Trinajstić information content (AvgIpc) is 2.45. The molecule has 0 amide bonds. The summed E-state index contributed by atoms with van der Waals surface area (Å²) in [7, 11) is 0. The molecule has 0 saturated carbocycles. The summed E-state index contributed by atoms with van der Waals surface area (Å²) in [4.78, 5) is 4.06. The van der Waals surface area contributed by atoms with E-state index >= 15 is 0 Å². The molecule has 19 heavy (non-hydrogen) atoms. The van der Waals surface area contributed by atoms with Crippen molar-refractivity contribution in [3.63, 3.8) is 0 Å². The highest BCUT2D eigenvalue weighted by molar-refractivity contribution is 5.37. The molecule has 0 aliphatic heterocycles. The van der Waals surface area contributed by atoms with Crippen LogP contribution < -0.4 is 4.74 Å². The van der Waals surface area contributed by atoms with Crippen molar-refractivity contribution >= 4 is 0 Å². The number of rotatable bonds is 3.